The number of hydrogen-bond acceptors (Lipinski definition) is 4. The highest BCUT2D eigenvalue weighted by Crippen LogP contribution is 2.25. The minimum absolute atomic E-state index is 0.129. The molecule has 0 unspecified atom stereocenters. The minimum atomic E-state index is -0.806. The van der Waals surface area contributed by atoms with Crippen LogP contribution in [0.5, 0.6) is 0 Å². The van der Waals surface area contributed by atoms with Crippen molar-refractivity contribution in [2.24, 2.45) is 0 Å². The summed E-state index contributed by atoms with van der Waals surface area (Å²) in [7, 11) is 0. The summed E-state index contributed by atoms with van der Waals surface area (Å²) in [5, 5.41) is 16.8. The van der Waals surface area contributed by atoms with Gasteiger partial charge in [0.15, 0.2) is 11.4 Å². The van der Waals surface area contributed by atoms with Crippen LogP contribution in [0.4, 0.5) is 5.82 Å². The number of halogens is 1. The Kier molecular flexibility index (Phi) is 3.49. The van der Waals surface area contributed by atoms with Crippen molar-refractivity contribution >= 4 is 34.4 Å². The molecule has 0 bridgehead atoms. The molecule has 0 spiro atoms. The molecule has 0 aliphatic rings. The summed E-state index contributed by atoms with van der Waals surface area (Å²) in [5.74, 6) is -0.215. The first-order valence-electron chi connectivity index (χ1n) is 5.17. The number of carboxylic acids is 1. The van der Waals surface area contributed by atoms with Crippen molar-refractivity contribution in [2.75, 3.05) is 11.9 Å². The van der Waals surface area contributed by atoms with Gasteiger partial charge in [0.1, 0.15) is 0 Å². The van der Waals surface area contributed by atoms with Crippen LogP contribution in [0.3, 0.4) is 0 Å². The van der Waals surface area contributed by atoms with Crippen molar-refractivity contribution in [1.82, 2.24) is 5.16 Å². The van der Waals surface area contributed by atoms with Gasteiger partial charge in [-0.05, 0) is 24.6 Å². The zero-order chi connectivity index (χ0) is 12.3. The van der Waals surface area contributed by atoms with E-state index in [1.807, 2.05) is 0 Å². The largest absolute Gasteiger partial charge is 0.481 e. The molecule has 6 heteroatoms. The molecule has 0 radical (unpaired) electrons. The van der Waals surface area contributed by atoms with E-state index < -0.39 is 5.97 Å². The van der Waals surface area contributed by atoms with Crippen molar-refractivity contribution in [1.29, 1.82) is 0 Å². The lowest BCUT2D eigenvalue weighted by atomic mass is 10.2. The number of anilines is 1. The normalized spacial score (nSPS) is 10.6. The lowest BCUT2D eigenvalue weighted by Gasteiger charge is -2.00. The topological polar surface area (TPSA) is 75.4 Å². The fourth-order valence-electron chi connectivity index (χ4n) is 1.48. The van der Waals surface area contributed by atoms with Crippen LogP contribution in [0.25, 0.3) is 11.0 Å². The second kappa shape index (κ2) is 5.05. The van der Waals surface area contributed by atoms with Crippen LogP contribution >= 0.6 is 11.6 Å². The predicted octanol–water partition coefficient (Wildman–Crippen LogP) is 2.76. The number of hydrogen-bond donors (Lipinski definition) is 2. The Labute approximate surface area is 102 Å². The van der Waals surface area contributed by atoms with Gasteiger partial charge in [-0.2, -0.15) is 0 Å². The van der Waals surface area contributed by atoms with Crippen LogP contribution in [0.15, 0.2) is 22.7 Å². The molecule has 0 aliphatic carbocycles. The average molecular weight is 255 g/mol. The zero-order valence-corrected chi connectivity index (χ0v) is 9.70. The number of nitrogens with zero attached hydrogens (tertiary/aromatic N) is 1. The number of carboxylic acid groups (broad SMARTS) is 1. The molecule has 1 heterocycles. The third-order valence-electron chi connectivity index (χ3n) is 2.29. The monoisotopic (exact) mass is 254 g/mol. The van der Waals surface area contributed by atoms with Gasteiger partial charge in [0, 0.05) is 18.0 Å². The van der Waals surface area contributed by atoms with E-state index in [-0.39, 0.29) is 6.42 Å². The summed E-state index contributed by atoms with van der Waals surface area (Å²) in [5.41, 5.74) is 0.648. The molecule has 2 aromatic rings. The van der Waals surface area contributed by atoms with E-state index in [1.54, 1.807) is 18.2 Å². The molecule has 90 valence electrons. The molecular weight excluding hydrogens is 244 g/mol. The fourth-order valence-corrected chi connectivity index (χ4v) is 1.66. The number of aliphatic carboxylic acids is 1. The summed E-state index contributed by atoms with van der Waals surface area (Å²) in [6.45, 7) is 0.528. The Morgan fingerprint density at radius 3 is 3.12 bits per heavy atom. The van der Waals surface area contributed by atoms with Crippen molar-refractivity contribution < 1.29 is 14.4 Å². The number of carbonyl (C=O) groups is 1. The molecule has 2 rings (SSSR count). The molecule has 5 nitrogen and oxygen atoms in total. The van der Waals surface area contributed by atoms with Gasteiger partial charge >= 0.3 is 5.97 Å². The number of benzene rings is 1. The molecule has 0 saturated heterocycles. The lowest BCUT2D eigenvalue weighted by molar-refractivity contribution is -0.137. The number of nitrogens with one attached hydrogen (secondary N) is 1. The summed E-state index contributed by atoms with van der Waals surface area (Å²) >= 11 is 5.88. The van der Waals surface area contributed by atoms with E-state index in [1.165, 1.54) is 0 Å². The minimum Gasteiger partial charge on any atom is -0.481 e. The van der Waals surface area contributed by atoms with E-state index in [0.29, 0.717) is 29.4 Å². The van der Waals surface area contributed by atoms with E-state index in [2.05, 4.69) is 10.5 Å². The van der Waals surface area contributed by atoms with Crippen molar-refractivity contribution in [3.8, 4) is 0 Å². The first kappa shape index (κ1) is 11.7. The Hall–Kier alpha value is -1.75. The van der Waals surface area contributed by atoms with Gasteiger partial charge in [-0.3, -0.25) is 4.79 Å². The molecule has 0 fully saturated rings. The van der Waals surface area contributed by atoms with Gasteiger partial charge in [0.2, 0.25) is 0 Å². The molecule has 0 atom stereocenters. The summed E-state index contributed by atoms with van der Waals surface area (Å²) in [4.78, 5) is 10.3. The molecule has 17 heavy (non-hydrogen) atoms. The van der Waals surface area contributed by atoms with Crippen LogP contribution in [0.1, 0.15) is 12.8 Å². The maximum absolute atomic E-state index is 10.3. The third kappa shape index (κ3) is 2.88. The smallest absolute Gasteiger partial charge is 0.303 e. The first-order valence-corrected chi connectivity index (χ1v) is 5.55. The van der Waals surface area contributed by atoms with Crippen LogP contribution in [-0.4, -0.2) is 22.8 Å². The van der Waals surface area contributed by atoms with E-state index in [0.717, 1.165) is 5.39 Å². The van der Waals surface area contributed by atoms with Gasteiger partial charge in [0.05, 0.1) is 5.39 Å². The summed E-state index contributed by atoms with van der Waals surface area (Å²) < 4.78 is 5.09. The van der Waals surface area contributed by atoms with Crippen LogP contribution in [0, 0.1) is 0 Å². The highest BCUT2D eigenvalue weighted by Gasteiger charge is 2.07. The standard InChI is InChI=1S/C11H11ClN2O3/c12-7-3-4-9-8(6-7)11(14-17-9)13-5-1-2-10(15)16/h3-4,6H,1-2,5H2,(H,13,14)(H,15,16). The second-order valence-corrected chi connectivity index (χ2v) is 4.03. The maximum Gasteiger partial charge on any atom is 0.303 e. The van der Waals surface area contributed by atoms with Gasteiger partial charge in [0.25, 0.3) is 0 Å². The molecule has 2 N–H and O–H groups in total. The van der Waals surface area contributed by atoms with Crippen molar-refractivity contribution in [2.45, 2.75) is 12.8 Å². The Morgan fingerprint density at radius 1 is 1.53 bits per heavy atom. The first-order chi connectivity index (χ1) is 8.16. The van der Waals surface area contributed by atoms with E-state index in [9.17, 15) is 4.79 Å². The molecule has 1 aromatic heterocycles. The molecule has 0 saturated carbocycles. The lowest BCUT2D eigenvalue weighted by Crippen LogP contribution is -2.05. The predicted molar refractivity (Wildman–Crippen MR) is 64.4 cm³/mol. The number of fused-ring (bicyclic) bond motifs is 1. The van der Waals surface area contributed by atoms with E-state index in [4.69, 9.17) is 21.2 Å². The Morgan fingerprint density at radius 2 is 2.35 bits per heavy atom. The number of aromatic nitrogens is 1. The van der Waals surface area contributed by atoms with Gasteiger partial charge < -0.3 is 14.9 Å². The van der Waals surface area contributed by atoms with Crippen molar-refractivity contribution in [3.63, 3.8) is 0 Å². The van der Waals surface area contributed by atoms with E-state index >= 15 is 0 Å². The van der Waals surface area contributed by atoms with Crippen LogP contribution in [-0.2, 0) is 4.79 Å². The SMILES string of the molecule is O=C(O)CCCNc1noc2ccc(Cl)cc12. The van der Waals surface area contributed by atoms with Crippen LogP contribution in [0.2, 0.25) is 5.02 Å². The van der Waals surface area contributed by atoms with Gasteiger partial charge in [-0.25, -0.2) is 0 Å². The Bertz CT molecular complexity index is 538. The number of rotatable bonds is 5. The molecule has 1 aromatic carbocycles. The highest BCUT2D eigenvalue weighted by molar-refractivity contribution is 6.31. The highest BCUT2D eigenvalue weighted by atomic mass is 35.5. The maximum atomic E-state index is 10.3. The second-order valence-electron chi connectivity index (χ2n) is 3.60. The summed E-state index contributed by atoms with van der Waals surface area (Å²) in [6.07, 6.45) is 0.661. The third-order valence-corrected chi connectivity index (χ3v) is 2.53. The fraction of sp³-hybridized carbons (Fsp3) is 0.273. The Balaban J connectivity index is 2.03. The van der Waals surface area contributed by atoms with Crippen LogP contribution < -0.4 is 5.32 Å². The van der Waals surface area contributed by atoms with Crippen molar-refractivity contribution in [3.05, 3.63) is 23.2 Å². The molecule has 0 aliphatic heterocycles. The zero-order valence-electron chi connectivity index (χ0n) is 8.94. The average Bonchev–Trinajstić information content (AvgIpc) is 2.67. The van der Waals surface area contributed by atoms with Gasteiger partial charge in [-0.15, -0.1) is 0 Å². The quantitative estimate of drug-likeness (QED) is 0.803. The molecular formula is C11H11ClN2O3. The summed E-state index contributed by atoms with van der Waals surface area (Å²) in [6, 6.07) is 5.23. The molecule has 0 amide bonds. The van der Waals surface area contributed by atoms with Gasteiger partial charge in [-0.1, -0.05) is 16.8 Å².